The molecule has 0 spiro atoms. The van der Waals surface area contributed by atoms with Crippen molar-refractivity contribution in [1.82, 2.24) is 0 Å². The minimum Gasteiger partial charge on any atom is -0.492 e. The van der Waals surface area contributed by atoms with Gasteiger partial charge >= 0.3 is 0 Å². The van der Waals surface area contributed by atoms with Gasteiger partial charge in [-0.1, -0.05) is 0 Å². The zero-order valence-electron chi connectivity index (χ0n) is 9.51. The molecule has 0 aliphatic rings. The van der Waals surface area contributed by atoms with Crippen LogP contribution in [-0.4, -0.2) is 20.3 Å². The SMILES string of the molecule is COc1c(Br)cc(F)c(CC(C)N)c1OC. The number of rotatable bonds is 4. The van der Waals surface area contributed by atoms with E-state index in [1.54, 1.807) is 0 Å². The number of methoxy groups -OCH3 is 2. The lowest BCUT2D eigenvalue weighted by atomic mass is 10.1. The molecule has 0 aliphatic heterocycles. The van der Waals surface area contributed by atoms with Crippen molar-refractivity contribution in [2.75, 3.05) is 14.2 Å². The van der Waals surface area contributed by atoms with Gasteiger partial charge in [-0.05, 0) is 35.3 Å². The summed E-state index contributed by atoms with van der Waals surface area (Å²) in [7, 11) is 2.99. The number of hydrogen-bond acceptors (Lipinski definition) is 3. The fraction of sp³-hybridized carbons (Fsp3) is 0.455. The second-order valence-corrected chi connectivity index (χ2v) is 4.42. The molecule has 0 fully saturated rings. The summed E-state index contributed by atoms with van der Waals surface area (Å²) in [6.45, 7) is 1.81. The highest BCUT2D eigenvalue weighted by Gasteiger charge is 2.19. The average Bonchev–Trinajstić information content (AvgIpc) is 2.20. The number of benzene rings is 1. The quantitative estimate of drug-likeness (QED) is 0.927. The first-order chi connectivity index (χ1) is 7.51. The molecule has 5 heteroatoms. The molecule has 1 aromatic rings. The molecule has 0 aromatic heterocycles. The number of nitrogens with two attached hydrogens (primary N) is 1. The summed E-state index contributed by atoms with van der Waals surface area (Å²) in [6.07, 6.45) is 0.401. The minimum absolute atomic E-state index is 0.144. The van der Waals surface area contributed by atoms with Crippen LogP contribution in [-0.2, 0) is 6.42 Å². The number of halogens is 2. The van der Waals surface area contributed by atoms with Crippen LogP contribution in [0, 0.1) is 5.82 Å². The van der Waals surface area contributed by atoms with Gasteiger partial charge in [0.2, 0.25) is 0 Å². The molecular weight excluding hydrogens is 277 g/mol. The summed E-state index contributed by atoms with van der Waals surface area (Å²) in [5, 5.41) is 0. The van der Waals surface area contributed by atoms with Gasteiger partial charge in [-0.15, -0.1) is 0 Å². The molecule has 1 unspecified atom stereocenters. The van der Waals surface area contributed by atoms with Crippen molar-refractivity contribution in [3.05, 3.63) is 21.9 Å². The molecule has 1 aromatic carbocycles. The Kier molecular flexibility index (Phi) is 4.56. The van der Waals surface area contributed by atoms with Crippen molar-refractivity contribution in [2.24, 2.45) is 5.73 Å². The third kappa shape index (κ3) is 2.65. The van der Waals surface area contributed by atoms with E-state index in [4.69, 9.17) is 15.2 Å². The van der Waals surface area contributed by atoms with Gasteiger partial charge in [-0.2, -0.15) is 0 Å². The van der Waals surface area contributed by atoms with Crippen LogP contribution in [0.15, 0.2) is 10.5 Å². The first-order valence-corrected chi connectivity index (χ1v) is 5.65. The van der Waals surface area contributed by atoms with Crippen molar-refractivity contribution in [1.29, 1.82) is 0 Å². The largest absolute Gasteiger partial charge is 0.492 e. The third-order valence-electron chi connectivity index (χ3n) is 2.17. The monoisotopic (exact) mass is 291 g/mol. The molecule has 0 heterocycles. The van der Waals surface area contributed by atoms with Crippen LogP contribution in [0.5, 0.6) is 11.5 Å². The summed E-state index contributed by atoms with van der Waals surface area (Å²) >= 11 is 3.22. The van der Waals surface area contributed by atoms with Crippen LogP contribution in [0.2, 0.25) is 0 Å². The summed E-state index contributed by atoms with van der Waals surface area (Å²) < 4.78 is 24.6. The van der Waals surface area contributed by atoms with Gasteiger partial charge in [-0.25, -0.2) is 4.39 Å². The average molecular weight is 292 g/mol. The lowest BCUT2D eigenvalue weighted by molar-refractivity contribution is 0.345. The van der Waals surface area contributed by atoms with Crippen molar-refractivity contribution >= 4 is 15.9 Å². The molecule has 0 saturated heterocycles. The standard InChI is InChI=1S/C11H15BrFNO2/c1-6(14)4-7-9(13)5-8(12)11(16-3)10(7)15-2/h5-6H,4,14H2,1-3H3. The molecule has 0 amide bonds. The fourth-order valence-corrected chi connectivity index (χ4v) is 2.08. The Morgan fingerprint density at radius 3 is 2.38 bits per heavy atom. The Labute approximate surface area is 103 Å². The van der Waals surface area contributed by atoms with Crippen molar-refractivity contribution in [2.45, 2.75) is 19.4 Å². The molecule has 0 saturated carbocycles. The van der Waals surface area contributed by atoms with Gasteiger partial charge in [0.15, 0.2) is 11.5 Å². The van der Waals surface area contributed by atoms with Crippen LogP contribution >= 0.6 is 15.9 Å². The normalized spacial score (nSPS) is 12.4. The molecule has 0 bridgehead atoms. The van der Waals surface area contributed by atoms with E-state index in [-0.39, 0.29) is 11.9 Å². The zero-order chi connectivity index (χ0) is 12.3. The fourth-order valence-electron chi connectivity index (χ4n) is 1.54. The smallest absolute Gasteiger partial charge is 0.175 e. The van der Waals surface area contributed by atoms with Gasteiger partial charge in [0, 0.05) is 11.6 Å². The van der Waals surface area contributed by atoms with E-state index in [0.29, 0.717) is 28.0 Å². The van der Waals surface area contributed by atoms with Crippen LogP contribution in [0.25, 0.3) is 0 Å². The zero-order valence-corrected chi connectivity index (χ0v) is 11.1. The van der Waals surface area contributed by atoms with E-state index in [9.17, 15) is 4.39 Å². The summed E-state index contributed by atoms with van der Waals surface area (Å²) in [6, 6.07) is 1.22. The molecule has 1 rings (SSSR count). The van der Waals surface area contributed by atoms with E-state index < -0.39 is 0 Å². The third-order valence-corrected chi connectivity index (χ3v) is 2.76. The van der Waals surface area contributed by atoms with Crippen LogP contribution < -0.4 is 15.2 Å². The number of hydrogen-bond donors (Lipinski definition) is 1. The molecule has 0 aliphatic carbocycles. The summed E-state index contributed by atoms with van der Waals surface area (Å²) in [5.74, 6) is 0.535. The molecule has 0 radical (unpaired) electrons. The summed E-state index contributed by atoms with van der Waals surface area (Å²) in [4.78, 5) is 0. The molecule has 2 N–H and O–H groups in total. The summed E-state index contributed by atoms with van der Waals surface area (Å²) in [5.41, 5.74) is 6.11. The lowest BCUT2D eigenvalue weighted by Gasteiger charge is -2.16. The molecule has 3 nitrogen and oxygen atoms in total. The van der Waals surface area contributed by atoms with E-state index in [0.717, 1.165) is 0 Å². The van der Waals surface area contributed by atoms with Gasteiger partial charge in [0.25, 0.3) is 0 Å². The molecule has 90 valence electrons. The highest BCUT2D eigenvalue weighted by Crippen LogP contribution is 2.40. The maximum Gasteiger partial charge on any atom is 0.175 e. The van der Waals surface area contributed by atoms with E-state index in [2.05, 4.69) is 15.9 Å². The molecular formula is C11H15BrFNO2. The lowest BCUT2D eigenvalue weighted by Crippen LogP contribution is -2.19. The van der Waals surface area contributed by atoms with Crippen molar-refractivity contribution in [3.63, 3.8) is 0 Å². The molecule has 16 heavy (non-hydrogen) atoms. The van der Waals surface area contributed by atoms with E-state index in [1.807, 2.05) is 6.92 Å². The highest BCUT2D eigenvalue weighted by molar-refractivity contribution is 9.10. The van der Waals surface area contributed by atoms with E-state index in [1.165, 1.54) is 20.3 Å². The Bertz CT molecular complexity index is 383. The minimum atomic E-state index is -0.346. The first-order valence-electron chi connectivity index (χ1n) is 4.85. The second-order valence-electron chi connectivity index (χ2n) is 3.57. The van der Waals surface area contributed by atoms with Gasteiger partial charge in [0.05, 0.1) is 18.7 Å². The van der Waals surface area contributed by atoms with Crippen LogP contribution in [0.1, 0.15) is 12.5 Å². The van der Waals surface area contributed by atoms with Crippen molar-refractivity contribution in [3.8, 4) is 11.5 Å². The predicted octanol–water partition coefficient (Wildman–Crippen LogP) is 2.50. The van der Waals surface area contributed by atoms with Crippen LogP contribution in [0.3, 0.4) is 0 Å². The van der Waals surface area contributed by atoms with Gasteiger partial charge in [0.1, 0.15) is 5.82 Å². The van der Waals surface area contributed by atoms with E-state index >= 15 is 0 Å². The van der Waals surface area contributed by atoms with Crippen LogP contribution in [0.4, 0.5) is 4.39 Å². The van der Waals surface area contributed by atoms with Gasteiger partial charge in [-0.3, -0.25) is 0 Å². The topological polar surface area (TPSA) is 44.5 Å². The Morgan fingerprint density at radius 2 is 1.94 bits per heavy atom. The highest BCUT2D eigenvalue weighted by atomic mass is 79.9. The van der Waals surface area contributed by atoms with Crippen molar-refractivity contribution < 1.29 is 13.9 Å². The second kappa shape index (κ2) is 5.50. The van der Waals surface area contributed by atoms with Gasteiger partial charge < -0.3 is 15.2 Å². The number of ether oxygens (including phenoxy) is 2. The molecule has 1 atom stereocenters. The Hall–Kier alpha value is -0.810. The Balaban J connectivity index is 3.34. The maximum atomic E-state index is 13.8. The predicted molar refractivity (Wildman–Crippen MR) is 64.6 cm³/mol. The first kappa shape index (κ1) is 13.3. The Morgan fingerprint density at radius 1 is 1.38 bits per heavy atom. The maximum absolute atomic E-state index is 13.8.